The molecule has 0 spiro atoms. The maximum Gasteiger partial charge on any atom is 0.252 e. The van der Waals surface area contributed by atoms with Crippen molar-refractivity contribution in [3.05, 3.63) is 76.6 Å². The molecule has 1 amide bonds. The van der Waals surface area contributed by atoms with E-state index in [2.05, 4.69) is 29.7 Å². The predicted molar refractivity (Wildman–Crippen MR) is 142 cm³/mol. The van der Waals surface area contributed by atoms with Gasteiger partial charge in [0.1, 0.15) is 17.3 Å². The average Bonchev–Trinajstić information content (AvgIpc) is 3.46. The summed E-state index contributed by atoms with van der Waals surface area (Å²) < 4.78 is 5.48. The number of piperidine rings is 1. The van der Waals surface area contributed by atoms with E-state index in [1.807, 2.05) is 18.2 Å². The van der Waals surface area contributed by atoms with Crippen molar-refractivity contribution in [3.63, 3.8) is 0 Å². The molecule has 2 atom stereocenters. The third-order valence-electron chi connectivity index (χ3n) is 7.14. The maximum absolute atomic E-state index is 14.2. The highest BCUT2D eigenvalue weighted by Gasteiger charge is 2.37. The molecule has 0 radical (unpaired) electrons. The second kappa shape index (κ2) is 9.64. The van der Waals surface area contributed by atoms with E-state index >= 15 is 0 Å². The van der Waals surface area contributed by atoms with E-state index in [1.54, 1.807) is 35.8 Å². The Morgan fingerprint density at radius 3 is 2.75 bits per heavy atom. The maximum atomic E-state index is 14.2. The molecule has 6 nitrogen and oxygen atoms in total. The summed E-state index contributed by atoms with van der Waals surface area (Å²) in [4.78, 5) is 33.5. The number of hydrogen-bond acceptors (Lipinski definition) is 6. The molecule has 0 bridgehead atoms. The van der Waals surface area contributed by atoms with Gasteiger partial charge in [-0.3, -0.25) is 9.59 Å². The normalized spacial score (nSPS) is 18.8. The molecule has 1 unspecified atom stereocenters. The number of furan rings is 1. The first-order chi connectivity index (χ1) is 17.6. The lowest BCUT2D eigenvalue weighted by Gasteiger charge is -2.31. The molecule has 36 heavy (non-hydrogen) atoms. The van der Waals surface area contributed by atoms with Gasteiger partial charge < -0.3 is 15.1 Å². The minimum absolute atomic E-state index is 0.123. The molecule has 184 valence electrons. The zero-order chi connectivity index (χ0) is 24.6. The van der Waals surface area contributed by atoms with Crippen LogP contribution in [0.15, 0.2) is 59.2 Å². The molecule has 2 N–H and O–H groups in total. The van der Waals surface area contributed by atoms with Gasteiger partial charge in [-0.25, -0.2) is 4.98 Å². The van der Waals surface area contributed by atoms with Gasteiger partial charge in [0, 0.05) is 17.3 Å². The molecule has 2 aliphatic rings. The molecule has 3 heterocycles. The van der Waals surface area contributed by atoms with Gasteiger partial charge >= 0.3 is 0 Å². The molecule has 1 aliphatic heterocycles. The zero-order valence-corrected chi connectivity index (χ0v) is 21.1. The van der Waals surface area contributed by atoms with Gasteiger partial charge in [0.25, 0.3) is 5.91 Å². The van der Waals surface area contributed by atoms with Crippen LogP contribution in [0.3, 0.4) is 0 Å². The number of amides is 1. The van der Waals surface area contributed by atoms with Crippen molar-refractivity contribution in [1.82, 2.24) is 15.6 Å². The Kier molecular flexibility index (Phi) is 6.19. The number of nitrogens with zero attached hydrogens (tertiary/aromatic N) is 1. The van der Waals surface area contributed by atoms with E-state index in [0.717, 1.165) is 65.0 Å². The Morgan fingerprint density at radius 2 is 1.97 bits per heavy atom. The van der Waals surface area contributed by atoms with E-state index in [9.17, 15) is 9.59 Å². The molecular formula is C29H29N3O3S. The molecule has 2 aromatic carbocycles. The second-order valence-corrected chi connectivity index (χ2v) is 10.9. The monoisotopic (exact) mass is 499 g/mol. The van der Waals surface area contributed by atoms with E-state index in [0.29, 0.717) is 22.8 Å². The van der Waals surface area contributed by atoms with Crippen LogP contribution in [0.4, 0.5) is 0 Å². The number of ketones is 1. The number of fused-ring (bicyclic) bond motifs is 1. The van der Waals surface area contributed by atoms with Gasteiger partial charge in [0.2, 0.25) is 5.78 Å². The lowest BCUT2D eigenvalue weighted by atomic mass is 9.92. The largest absolute Gasteiger partial charge is 0.464 e. The number of nitrogens with one attached hydrogen (secondary N) is 2. The third kappa shape index (κ3) is 4.49. The number of hydrogen-bond donors (Lipinski definition) is 2. The lowest BCUT2D eigenvalue weighted by molar-refractivity contribution is 0.0824. The number of aromatic nitrogens is 1. The summed E-state index contributed by atoms with van der Waals surface area (Å²) in [5.41, 5.74) is 3.78. The Balaban J connectivity index is 1.38. The highest BCUT2D eigenvalue weighted by atomic mass is 32.1. The molecule has 2 aromatic heterocycles. The predicted octanol–water partition coefficient (Wildman–Crippen LogP) is 5.87. The zero-order valence-electron chi connectivity index (χ0n) is 20.3. The van der Waals surface area contributed by atoms with Crippen LogP contribution in [0.2, 0.25) is 0 Å². The molecule has 1 aliphatic carbocycles. The number of rotatable bonds is 7. The minimum atomic E-state index is -0.710. The second-order valence-electron chi connectivity index (χ2n) is 9.88. The molecule has 2 fully saturated rings. The van der Waals surface area contributed by atoms with Gasteiger partial charge in [0.05, 0.1) is 21.7 Å². The van der Waals surface area contributed by atoms with Crippen LogP contribution in [-0.4, -0.2) is 35.3 Å². The number of aryl methyl sites for hydroxylation is 1. The molecule has 6 rings (SSSR count). The van der Waals surface area contributed by atoms with E-state index in [-0.39, 0.29) is 17.7 Å². The fourth-order valence-electron chi connectivity index (χ4n) is 5.06. The summed E-state index contributed by atoms with van der Waals surface area (Å²) in [5.74, 6) is 0.0453. The highest BCUT2D eigenvalue weighted by molar-refractivity contribution is 7.15. The van der Waals surface area contributed by atoms with Gasteiger partial charge in [-0.2, -0.15) is 0 Å². The van der Waals surface area contributed by atoms with Crippen molar-refractivity contribution >= 4 is 34.0 Å². The number of carbonyl (C=O) groups excluding carboxylic acids is 2. The van der Waals surface area contributed by atoms with Crippen molar-refractivity contribution < 1.29 is 14.0 Å². The summed E-state index contributed by atoms with van der Waals surface area (Å²) in [7, 11) is 0. The van der Waals surface area contributed by atoms with Crippen molar-refractivity contribution in [2.75, 3.05) is 6.54 Å². The van der Waals surface area contributed by atoms with Crippen molar-refractivity contribution in [2.24, 2.45) is 0 Å². The third-order valence-corrected chi connectivity index (χ3v) is 8.41. The highest BCUT2D eigenvalue weighted by Crippen LogP contribution is 2.45. The first-order valence-electron chi connectivity index (χ1n) is 12.7. The summed E-state index contributed by atoms with van der Waals surface area (Å²) in [6, 6.07) is 14.6. The quantitative estimate of drug-likeness (QED) is 0.311. The standard InChI is InChI=1S/C29H29N3O3S/c1-17-6-4-7-19(16-17)27-25(32-29(36-27)18-11-12-18)26(33)24(22-9-2-3-14-30-22)31-28(34)21-8-5-10-23-20(21)13-15-35-23/h4-8,10,13,15-16,18,22,24,30H,2-3,9,11-12,14H2,1H3,(H,31,34)/t22?,24-/m0/s1. The number of Topliss-reactive ketones (excluding diaryl/α,β-unsaturated/α-hetero) is 1. The van der Waals surface area contributed by atoms with Crippen molar-refractivity contribution in [2.45, 2.75) is 57.0 Å². The number of thiazole rings is 1. The summed E-state index contributed by atoms with van der Waals surface area (Å²) >= 11 is 1.63. The van der Waals surface area contributed by atoms with Crippen molar-refractivity contribution in [1.29, 1.82) is 0 Å². The van der Waals surface area contributed by atoms with Crippen LogP contribution in [0.5, 0.6) is 0 Å². The summed E-state index contributed by atoms with van der Waals surface area (Å²) in [5, 5.41) is 8.36. The Bertz CT molecular complexity index is 1430. The van der Waals surface area contributed by atoms with Crippen molar-refractivity contribution in [3.8, 4) is 10.4 Å². The van der Waals surface area contributed by atoms with Crippen LogP contribution in [0, 0.1) is 6.92 Å². The van der Waals surface area contributed by atoms with Crippen LogP contribution in [0.25, 0.3) is 21.4 Å². The first kappa shape index (κ1) is 23.1. The molecule has 1 saturated carbocycles. The van der Waals surface area contributed by atoms with Gasteiger partial charge in [-0.15, -0.1) is 11.3 Å². The van der Waals surface area contributed by atoms with Crippen LogP contribution in [0.1, 0.15) is 69.4 Å². The lowest BCUT2D eigenvalue weighted by Crippen LogP contribution is -2.55. The van der Waals surface area contributed by atoms with E-state index in [4.69, 9.17) is 9.40 Å². The summed E-state index contributed by atoms with van der Waals surface area (Å²) in [6.07, 6.45) is 6.73. The summed E-state index contributed by atoms with van der Waals surface area (Å²) in [6.45, 7) is 2.88. The van der Waals surface area contributed by atoms with Crippen LogP contribution < -0.4 is 10.6 Å². The van der Waals surface area contributed by atoms with Crippen LogP contribution in [-0.2, 0) is 0 Å². The Morgan fingerprint density at radius 1 is 1.11 bits per heavy atom. The fraction of sp³-hybridized carbons (Fsp3) is 0.345. The molecular weight excluding hydrogens is 470 g/mol. The fourth-order valence-corrected chi connectivity index (χ4v) is 6.30. The van der Waals surface area contributed by atoms with E-state index in [1.165, 1.54) is 0 Å². The minimum Gasteiger partial charge on any atom is -0.464 e. The molecule has 4 aromatic rings. The topological polar surface area (TPSA) is 84.2 Å². The van der Waals surface area contributed by atoms with E-state index < -0.39 is 6.04 Å². The van der Waals surface area contributed by atoms with Gasteiger partial charge in [0.15, 0.2) is 0 Å². The average molecular weight is 500 g/mol. The number of benzene rings is 2. The van der Waals surface area contributed by atoms with Gasteiger partial charge in [-0.1, -0.05) is 42.3 Å². The molecule has 7 heteroatoms. The SMILES string of the molecule is Cc1cccc(-c2sc(C3CC3)nc2C(=O)[C@@H](NC(=O)c2cccc3occc23)C2CCCCN2)c1. The van der Waals surface area contributed by atoms with Gasteiger partial charge in [-0.05, 0) is 62.9 Å². The molecule has 1 saturated heterocycles. The Labute approximate surface area is 214 Å². The smallest absolute Gasteiger partial charge is 0.252 e. The first-order valence-corrected chi connectivity index (χ1v) is 13.5. The number of carbonyl (C=O) groups is 2. The Hall–Kier alpha value is -3.29. The van der Waals surface area contributed by atoms with Crippen LogP contribution >= 0.6 is 11.3 Å².